The molecule has 0 radical (unpaired) electrons. The first-order valence-electron chi connectivity index (χ1n) is 6.68. The zero-order valence-electron chi connectivity index (χ0n) is 12.2. The van der Waals surface area contributed by atoms with Crippen LogP contribution in [0, 0.1) is 6.92 Å². The topological polar surface area (TPSA) is 64.7 Å². The quantitative estimate of drug-likeness (QED) is 0.794. The van der Waals surface area contributed by atoms with Crippen LogP contribution in [0.15, 0.2) is 18.2 Å². The van der Waals surface area contributed by atoms with Crippen LogP contribution in [0.3, 0.4) is 0 Å². The van der Waals surface area contributed by atoms with Crippen LogP contribution in [0.2, 0.25) is 0 Å². The van der Waals surface area contributed by atoms with Gasteiger partial charge in [0.05, 0.1) is 12.7 Å². The Bertz CT molecular complexity index is 391. The van der Waals surface area contributed by atoms with Crippen molar-refractivity contribution in [2.75, 3.05) is 13.2 Å². The Morgan fingerprint density at radius 1 is 1.21 bits per heavy atom. The van der Waals surface area contributed by atoms with Crippen LogP contribution in [0.25, 0.3) is 0 Å². The van der Waals surface area contributed by atoms with Crippen molar-refractivity contribution in [2.24, 2.45) is 5.73 Å². The summed E-state index contributed by atoms with van der Waals surface area (Å²) in [4.78, 5) is 0. The van der Waals surface area contributed by atoms with E-state index in [9.17, 15) is 5.11 Å². The van der Waals surface area contributed by atoms with Gasteiger partial charge >= 0.3 is 0 Å². The van der Waals surface area contributed by atoms with Crippen LogP contribution in [0.1, 0.15) is 37.9 Å². The highest BCUT2D eigenvalue weighted by Gasteiger charge is 2.11. The van der Waals surface area contributed by atoms with E-state index in [0.717, 1.165) is 16.9 Å². The molecule has 4 heteroatoms. The number of ether oxygens (including phenoxy) is 2. The molecule has 1 unspecified atom stereocenters. The molecule has 0 spiro atoms. The molecule has 0 fully saturated rings. The lowest BCUT2D eigenvalue weighted by atomic mass is 10.1. The SMILES string of the molecule is Cc1ccc(OCC(O)COC(C)C)c([C@@H](C)N)c1. The molecule has 1 aromatic rings. The molecule has 0 saturated carbocycles. The highest BCUT2D eigenvalue weighted by Crippen LogP contribution is 2.25. The van der Waals surface area contributed by atoms with Gasteiger partial charge in [0.15, 0.2) is 0 Å². The number of aliphatic hydroxyl groups excluding tert-OH is 1. The van der Waals surface area contributed by atoms with Crippen molar-refractivity contribution in [1.29, 1.82) is 0 Å². The lowest BCUT2D eigenvalue weighted by Gasteiger charge is -2.18. The third-order valence-corrected chi connectivity index (χ3v) is 2.71. The standard InChI is InChI=1S/C15H25NO3/c1-10(2)18-8-13(17)9-19-15-6-5-11(3)7-14(15)12(4)16/h5-7,10,12-13,17H,8-9,16H2,1-4H3/t12-,13?/m1/s1. The van der Waals surface area contributed by atoms with E-state index in [1.54, 1.807) is 0 Å². The van der Waals surface area contributed by atoms with E-state index in [1.807, 2.05) is 45.9 Å². The van der Waals surface area contributed by atoms with Gasteiger partial charge < -0.3 is 20.3 Å². The van der Waals surface area contributed by atoms with Crippen LogP contribution in [-0.4, -0.2) is 30.5 Å². The first kappa shape index (κ1) is 16.0. The van der Waals surface area contributed by atoms with Gasteiger partial charge in [-0.2, -0.15) is 0 Å². The van der Waals surface area contributed by atoms with Crippen LogP contribution < -0.4 is 10.5 Å². The van der Waals surface area contributed by atoms with Gasteiger partial charge in [0.1, 0.15) is 18.5 Å². The van der Waals surface area contributed by atoms with Gasteiger partial charge in [-0.15, -0.1) is 0 Å². The summed E-state index contributed by atoms with van der Waals surface area (Å²) in [5.74, 6) is 0.726. The second-order valence-corrected chi connectivity index (χ2v) is 5.18. The molecule has 0 saturated heterocycles. The molecule has 0 aromatic heterocycles. The van der Waals surface area contributed by atoms with Crippen molar-refractivity contribution < 1.29 is 14.6 Å². The van der Waals surface area contributed by atoms with Gasteiger partial charge in [0.25, 0.3) is 0 Å². The molecule has 0 aliphatic rings. The lowest BCUT2D eigenvalue weighted by molar-refractivity contribution is -0.0124. The fourth-order valence-corrected chi connectivity index (χ4v) is 1.69. The van der Waals surface area contributed by atoms with Crippen molar-refractivity contribution in [3.05, 3.63) is 29.3 Å². The molecular weight excluding hydrogens is 242 g/mol. The van der Waals surface area contributed by atoms with Crippen LogP contribution in [-0.2, 0) is 4.74 Å². The fourth-order valence-electron chi connectivity index (χ4n) is 1.69. The first-order chi connectivity index (χ1) is 8.90. The molecule has 0 heterocycles. The molecule has 0 aliphatic carbocycles. The second-order valence-electron chi connectivity index (χ2n) is 5.18. The van der Waals surface area contributed by atoms with Crippen molar-refractivity contribution in [3.63, 3.8) is 0 Å². The monoisotopic (exact) mass is 267 g/mol. The van der Waals surface area contributed by atoms with Crippen molar-refractivity contribution in [1.82, 2.24) is 0 Å². The zero-order chi connectivity index (χ0) is 14.4. The number of aryl methyl sites for hydroxylation is 1. The Hall–Kier alpha value is -1.10. The van der Waals surface area contributed by atoms with Crippen molar-refractivity contribution >= 4 is 0 Å². The van der Waals surface area contributed by atoms with Crippen molar-refractivity contribution in [2.45, 2.75) is 45.9 Å². The Kier molecular flexibility index (Phi) is 6.28. The second kappa shape index (κ2) is 7.48. The largest absolute Gasteiger partial charge is 0.490 e. The summed E-state index contributed by atoms with van der Waals surface area (Å²) in [5, 5.41) is 9.76. The molecule has 1 aromatic carbocycles. The number of hydrogen-bond acceptors (Lipinski definition) is 4. The first-order valence-corrected chi connectivity index (χ1v) is 6.68. The third-order valence-electron chi connectivity index (χ3n) is 2.71. The minimum absolute atomic E-state index is 0.0982. The predicted molar refractivity (Wildman–Crippen MR) is 76.4 cm³/mol. The smallest absolute Gasteiger partial charge is 0.124 e. The maximum Gasteiger partial charge on any atom is 0.124 e. The van der Waals surface area contributed by atoms with E-state index in [-0.39, 0.29) is 25.4 Å². The summed E-state index contributed by atoms with van der Waals surface area (Å²) in [6, 6.07) is 5.78. The Morgan fingerprint density at radius 3 is 2.47 bits per heavy atom. The summed E-state index contributed by atoms with van der Waals surface area (Å²) < 4.78 is 11.0. The Balaban J connectivity index is 2.57. The van der Waals surface area contributed by atoms with Gasteiger partial charge in [-0.25, -0.2) is 0 Å². The maximum absolute atomic E-state index is 9.76. The maximum atomic E-state index is 9.76. The third kappa shape index (κ3) is 5.59. The number of benzene rings is 1. The van der Waals surface area contributed by atoms with E-state index in [4.69, 9.17) is 15.2 Å². The molecule has 3 N–H and O–H groups in total. The highest BCUT2D eigenvalue weighted by atomic mass is 16.5. The minimum Gasteiger partial charge on any atom is -0.490 e. The Labute approximate surface area is 115 Å². The van der Waals surface area contributed by atoms with Crippen molar-refractivity contribution in [3.8, 4) is 5.75 Å². The summed E-state index contributed by atoms with van der Waals surface area (Å²) in [7, 11) is 0. The number of nitrogens with two attached hydrogens (primary N) is 1. The summed E-state index contributed by atoms with van der Waals surface area (Å²) in [6.45, 7) is 8.27. The molecule has 0 amide bonds. The van der Waals surface area contributed by atoms with Crippen LogP contribution in [0.5, 0.6) is 5.75 Å². The molecule has 19 heavy (non-hydrogen) atoms. The van der Waals surface area contributed by atoms with Gasteiger partial charge in [-0.1, -0.05) is 17.7 Å². The van der Waals surface area contributed by atoms with Gasteiger partial charge in [-0.3, -0.25) is 0 Å². The average molecular weight is 267 g/mol. The predicted octanol–water partition coefficient (Wildman–Crippen LogP) is 2.18. The van der Waals surface area contributed by atoms with Crippen LogP contribution in [0.4, 0.5) is 0 Å². The summed E-state index contributed by atoms with van der Waals surface area (Å²) >= 11 is 0. The zero-order valence-corrected chi connectivity index (χ0v) is 12.2. The highest BCUT2D eigenvalue weighted by molar-refractivity contribution is 5.38. The van der Waals surface area contributed by atoms with Gasteiger partial charge in [0.2, 0.25) is 0 Å². The molecule has 0 bridgehead atoms. The average Bonchev–Trinajstić information content (AvgIpc) is 2.34. The molecule has 108 valence electrons. The number of aliphatic hydroxyl groups is 1. The van der Waals surface area contributed by atoms with E-state index < -0.39 is 6.10 Å². The lowest BCUT2D eigenvalue weighted by Crippen LogP contribution is -2.25. The molecule has 1 rings (SSSR count). The molecule has 0 aliphatic heterocycles. The van der Waals surface area contributed by atoms with E-state index in [2.05, 4.69) is 0 Å². The summed E-state index contributed by atoms with van der Waals surface area (Å²) in [5.41, 5.74) is 8.02. The minimum atomic E-state index is -0.635. The normalized spacial score (nSPS) is 14.5. The number of rotatable bonds is 7. The van der Waals surface area contributed by atoms with Gasteiger partial charge in [0, 0.05) is 11.6 Å². The molecule has 2 atom stereocenters. The fraction of sp³-hybridized carbons (Fsp3) is 0.600. The molecule has 4 nitrogen and oxygen atoms in total. The summed E-state index contributed by atoms with van der Waals surface area (Å²) in [6.07, 6.45) is -0.529. The molecular formula is C15H25NO3. The van der Waals surface area contributed by atoms with Crippen LogP contribution >= 0.6 is 0 Å². The van der Waals surface area contributed by atoms with E-state index in [1.165, 1.54) is 0 Å². The number of hydrogen-bond donors (Lipinski definition) is 2. The Morgan fingerprint density at radius 2 is 1.89 bits per heavy atom. The van der Waals surface area contributed by atoms with E-state index in [0.29, 0.717) is 0 Å². The van der Waals surface area contributed by atoms with E-state index >= 15 is 0 Å². The van der Waals surface area contributed by atoms with Gasteiger partial charge in [-0.05, 0) is 33.8 Å².